The van der Waals surface area contributed by atoms with Crippen LogP contribution in [0.1, 0.15) is 31.7 Å². The van der Waals surface area contributed by atoms with Crippen molar-refractivity contribution in [3.05, 3.63) is 54.6 Å². The summed E-state index contributed by atoms with van der Waals surface area (Å²) < 4.78 is 0. The minimum atomic E-state index is 0.429. The number of hydrogen-bond acceptors (Lipinski definition) is 8. The molecule has 10 heteroatoms. The second-order valence-electron chi connectivity index (χ2n) is 7.23. The Labute approximate surface area is 191 Å². The van der Waals surface area contributed by atoms with Crippen molar-refractivity contribution in [3.63, 3.8) is 0 Å². The van der Waals surface area contributed by atoms with Gasteiger partial charge in [-0.2, -0.15) is 4.98 Å². The van der Waals surface area contributed by atoms with E-state index in [9.17, 15) is 0 Å². The maximum absolute atomic E-state index is 5.46. The van der Waals surface area contributed by atoms with Crippen molar-refractivity contribution < 1.29 is 0 Å². The van der Waals surface area contributed by atoms with Crippen LogP contribution >= 0.6 is 24.0 Å². The standard InChI is InChI=1S/C21H24N8S2/c1-15-6-2-3-11-29(15)17-12-18(31-21-23-9-5-10-24-21)27-19(26-17)28-20(30)25-14-16-7-4-8-22-13-16/h4-5,7-10,12-13,15H,2-3,6,11,14H2,1H3,(H2,25,26,27,28,30)/t15-/m0/s1. The van der Waals surface area contributed by atoms with E-state index in [4.69, 9.17) is 17.2 Å². The van der Waals surface area contributed by atoms with Crippen LogP contribution in [-0.4, -0.2) is 42.6 Å². The van der Waals surface area contributed by atoms with Crippen molar-refractivity contribution in [1.29, 1.82) is 0 Å². The topological polar surface area (TPSA) is 91.8 Å². The SMILES string of the molecule is C[C@H]1CCCCN1c1cc(Sc2ncccn2)nc(NC(=S)NCc2cccnc2)n1. The van der Waals surface area contributed by atoms with Gasteiger partial charge >= 0.3 is 0 Å². The number of aromatic nitrogens is 5. The van der Waals surface area contributed by atoms with E-state index in [0.29, 0.717) is 28.8 Å². The van der Waals surface area contributed by atoms with Crippen molar-refractivity contribution in [1.82, 2.24) is 30.2 Å². The number of anilines is 2. The number of nitrogens with one attached hydrogen (secondary N) is 2. The van der Waals surface area contributed by atoms with E-state index >= 15 is 0 Å². The molecular weight excluding hydrogens is 428 g/mol. The Balaban J connectivity index is 1.52. The highest BCUT2D eigenvalue weighted by Gasteiger charge is 2.21. The smallest absolute Gasteiger partial charge is 0.232 e. The molecule has 0 bridgehead atoms. The molecule has 4 rings (SSSR count). The van der Waals surface area contributed by atoms with Crippen LogP contribution < -0.4 is 15.5 Å². The fourth-order valence-electron chi connectivity index (χ4n) is 3.37. The first-order valence-electron chi connectivity index (χ1n) is 10.2. The first-order chi connectivity index (χ1) is 15.2. The van der Waals surface area contributed by atoms with Crippen molar-refractivity contribution in [2.24, 2.45) is 0 Å². The van der Waals surface area contributed by atoms with E-state index in [1.54, 1.807) is 30.9 Å². The molecule has 8 nitrogen and oxygen atoms in total. The van der Waals surface area contributed by atoms with E-state index in [2.05, 4.69) is 42.4 Å². The summed E-state index contributed by atoms with van der Waals surface area (Å²) in [5.74, 6) is 1.34. The van der Waals surface area contributed by atoms with Crippen LogP contribution in [0.3, 0.4) is 0 Å². The molecule has 31 heavy (non-hydrogen) atoms. The average molecular weight is 453 g/mol. The number of nitrogens with zero attached hydrogens (tertiary/aromatic N) is 6. The largest absolute Gasteiger partial charge is 0.358 e. The normalized spacial score (nSPS) is 16.0. The number of pyridine rings is 1. The van der Waals surface area contributed by atoms with Crippen LogP contribution in [0.2, 0.25) is 0 Å². The van der Waals surface area contributed by atoms with Crippen molar-refractivity contribution in [3.8, 4) is 0 Å². The van der Waals surface area contributed by atoms with Gasteiger partial charge in [-0.25, -0.2) is 15.0 Å². The Morgan fingerprint density at radius 3 is 2.84 bits per heavy atom. The maximum Gasteiger partial charge on any atom is 0.232 e. The third kappa shape index (κ3) is 6.08. The average Bonchev–Trinajstić information content (AvgIpc) is 2.79. The summed E-state index contributed by atoms with van der Waals surface area (Å²) in [6.07, 6.45) is 10.6. The summed E-state index contributed by atoms with van der Waals surface area (Å²) in [4.78, 5) is 24.4. The highest BCUT2D eigenvalue weighted by Crippen LogP contribution is 2.29. The van der Waals surface area contributed by atoms with Gasteiger partial charge in [0.05, 0.1) is 0 Å². The molecule has 1 atom stereocenters. The third-order valence-electron chi connectivity index (χ3n) is 4.93. The Bertz CT molecular complexity index is 1000. The molecule has 0 radical (unpaired) electrons. The zero-order valence-corrected chi connectivity index (χ0v) is 18.9. The molecule has 0 saturated carbocycles. The first-order valence-corrected chi connectivity index (χ1v) is 11.4. The first kappa shape index (κ1) is 21.4. The van der Waals surface area contributed by atoms with Crippen LogP contribution in [0.25, 0.3) is 0 Å². The molecule has 4 heterocycles. The van der Waals surface area contributed by atoms with Gasteiger partial charge in [-0.1, -0.05) is 6.07 Å². The molecule has 0 amide bonds. The second kappa shape index (κ2) is 10.5. The zero-order valence-electron chi connectivity index (χ0n) is 17.2. The number of piperidine rings is 1. The Morgan fingerprint density at radius 1 is 1.19 bits per heavy atom. The predicted octanol–water partition coefficient (Wildman–Crippen LogP) is 3.68. The van der Waals surface area contributed by atoms with Gasteiger partial charge < -0.3 is 15.5 Å². The van der Waals surface area contributed by atoms with Crippen LogP contribution in [0.4, 0.5) is 11.8 Å². The molecule has 1 saturated heterocycles. The molecule has 3 aromatic rings. The fourth-order valence-corrected chi connectivity index (χ4v) is 4.24. The monoisotopic (exact) mass is 452 g/mol. The van der Waals surface area contributed by atoms with E-state index in [-0.39, 0.29) is 0 Å². The van der Waals surface area contributed by atoms with Gasteiger partial charge in [0.25, 0.3) is 0 Å². The minimum absolute atomic E-state index is 0.429. The van der Waals surface area contributed by atoms with E-state index in [1.165, 1.54) is 18.2 Å². The van der Waals surface area contributed by atoms with E-state index in [1.807, 2.05) is 18.2 Å². The molecule has 0 unspecified atom stereocenters. The summed E-state index contributed by atoms with van der Waals surface area (Å²) in [5, 5.41) is 8.18. The zero-order chi connectivity index (χ0) is 21.5. The number of thiocarbonyl (C=S) groups is 1. The highest BCUT2D eigenvalue weighted by atomic mass is 32.2. The Morgan fingerprint density at radius 2 is 2.06 bits per heavy atom. The molecule has 0 aromatic carbocycles. The van der Waals surface area contributed by atoms with E-state index in [0.717, 1.165) is 35.8 Å². The molecule has 1 fully saturated rings. The Kier molecular flexibility index (Phi) is 7.21. The van der Waals surface area contributed by atoms with Gasteiger partial charge in [0.1, 0.15) is 10.8 Å². The quantitative estimate of drug-likeness (QED) is 0.328. The van der Waals surface area contributed by atoms with Gasteiger partial charge in [0, 0.05) is 50.0 Å². The van der Waals surface area contributed by atoms with Gasteiger partial charge in [-0.15, -0.1) is 0 Å². The number of rotatable bonds is 6. The fraction of sp³-hybridized carbons (Fsp3) is 0.333. The van der Waals surface area contributed by atoms with Crippen molar-refractivity contribution in [2.45, 2.75) is 49.0 Å². The van der Waals surface area contributed by atoms with Crippen LogP contribution in [-0.2, 0) is 6.54 Å². The molecule has 160 valence electrons. The molecular formula is C21H24N8S2. The summed E-state index contributed by atoms with van der Waals surface area (Å²) in [6.45, 7) is 3.79. The summed E-state index contributed by atoms with van der Waals surface area (Å²) in [5.41, 5.74) is 1.04. The van der Waals surface area contributed by atoms with Crippen LogP contribution in [0, 0.1) is 0 Å². The summed E-state index contributed by atoms with van der Waals surface area (Å²) in [7, 11) is 0. The van der Waals surface area contributed by atoms with Crippen LogP contribution in [0.15, 0.2) is 59.2 Å². The third-order valence-corrected chi connectivity index (χ3v) is 5.98. The van der Waals surface area contributed by atoms with Gasteiger partial charge in [-0.05, 0) is 67.9 Å². The van der Waals surface area contributed by atoms with Gasteiger partial charge in [0.2, 0.25) is 5.95 Å². The van der Waals surface area contributed by atoms with Gasteiger partial charge in [0.15, 0.2) is 10.3 Å². The molecule has 0 spiro atoms. The summed E-state index contributed by atoms with van der Waals surface area (Å²) >= 11 is 6.87. The lowest BCUT2D eigenvalue weighted by atomic mass is 10.0. The second-order valence-corrected chi connectivity index (χ2v) is 8.62. The predicted molar refractivity (Wildman–Crippen MR) is 126 cm³/mol. The molecule has 1 aliphatic heterocycles. The lowest BCUT2D eigenvalue weighted by Gasteiger charge is -2.34. The van der Waals surface area contributed by atoms with E-state index < -0.39 is 0 Å². The van der Waals surface area contributed by atoms with Gasteiger partial charge in [-0.3, -0.25) is 4.98 Å². The highest BCUT2D eigenvalue weighted by molar-refractivity contribution is 7.99. The van der Waals surface area contributed by atoms with Crippen molar-refractivity contribution in [2.75, 3.05) is 16.8 Å². The molecule has 0 aliphatic carbocycles. The molecule has 2 N–H and O–H groups in total. The maximum atomic E-state index is 5.46. The summed E-state index contributed by atoms with van der Waals surface area (Å²) in [6, 6.07) is 8.11. The van der Waals surface area contributed by atoms with Crippen LogP contribution in [0.5, 0.6) is 0 Å². The molecule has 1 aliphatic rings. The number of hydrogen-bond donors (Lipinski definition) is 2. The molecule has 3 aromatic heterocycles. The lowest BCUT2D eigenvalue weighted by molar-refractivity contribution is 0.480. The minimum Gasteiger partial charge on any atom is -0.358 e. The Hall–Kier alpha value is -2.85. The lowest BCUT2D eigenvalue weighted by Crippen LogP contribution is -2.38. The van der Waals surface area contributed by atoms with Crippen molar-refractivity contribution >= 4 is 40.9 Å².